The number of hydrogen-bond acceptors (Lipinski definition) is 6. The molecular formula is C22H32FN3O4. The zero-order valence-electron chi connectivity index (χ0n) is 17.8. The van der Waals surface area contributed by atoms with Crippen molar-refractivity contribution in [1.82, 2.24) is 15.3 Å². The summed E-state index contributed by atoms with van der Waals surface area (Å²) in [5.41, 5.74) is -0.211. The average molecular weight is 422 g/mol. The summed E-state index contributed by atoms with van der Waals surface area (Å²) in [6.45, 7) is 8.01. The van der Waals surface area contributed by atoms with Gasteiger partial charge in [-0.25, -0.2) is 9.37 Å². The van der Waals surface area contributed by atoms with Crippen molar-refractivity contribution in [3.05, 3.63) is 34.1 Å². The molecule has 8 heteroatoms. The van der Waals surface area contributed by atoms with Crippen LogP contribution in [0.15, 0.2) is 16.9 Å². The van der Waals surface area contributed by atoms with Gasteiger partial charge in [-0.1, -0.05) is 13.8 Å². The predicted octanol–water partition coefficient (Wildman–Crippen LogP) is 3.16. The molecule has 1 aromatic heterocycles. The van der Waals surface area contributed by atoms with Gasteiger partial charge in [0.25, 0.3) is 5.56 Å². The van der Waals surface area contributed by atoms with E-state index in [-0.39, 0.29) is 23.6 Å². The normalized spacial score (nSPS) is 18.1. The molecule has 0 bridgehead atoms. The summed E-state index contributed by atoms with van der Waals surface area (Å²) >= 11 is 0. The maximum absolute atomic E-state index is 14.5. The van der Waals surface area contributed by atoms with Gasteiger partial charge in [0.05, 0.1) is 18.2 Å². The third kappa shape index (κ3) is 6.00. The van der Waals surface area contributed by atoms with E-state index < -0.39 is 11.4 Å². The number of halogens is 1. The SMILES string of the molecule is CC.O=c1[nH]c(COC2CCNCC2)nc2cc(OCC3CCOCC3)cc(F)c12. The first kappa shape index (κ1) is 22.7. The van der Waals surface area contributed by atoms with Gasteiger partial charge in [0.2, 0.25) is 0 Å². The van der Waals surface area contributed by atoms with Crippen molar-refractivity contribution in [2.24, 2.45) is 5.92 Å². The van der Waals surface area contributed by atoms with Crippen LogP contribution in [-0.2, 0) is 16.1 Å². The van der Waals surface area contributed by atoms with Gasteiger partial charge in [-0.2, -0.15) is 0 Å². The standard InChI is InChI=1S/C20H26FN3O4.C2H6/c21-16-9-15(27-11-13-3-7-26-8-4-13)10-17-19(16)20(25)24-18(23-17)12-28-14-1-5-22-6-2-14;1-2/h9-10,13-14,22H,1-8,11-12H2,(H,23,24,25);1-2H3. The van der Waals surface area contributed by atoms with Gasteiger partial charge in [0.15, 0.2) is 0 Å². The molecule has 0 aliphatic carbocycles. The molecule has 0 spiro atoms. The first-order valence-corrected chi connectivity index (χ1v) is 10.9. The van der Waals surface area contributed by atoms with Gasteiger partial charge in [-0.15, -0.1) is 0 Å². The monoisotopic (exact) mass is 421 g/mol. The van der Waals surface area contributed by atoms with Gasteiger partial charge < -0.3 is 24.5 Å². The fraction of sp³-hybridized carbons (Fsp3) is 0.636. The molecule has 0 radical (unpaired) electrons. The minimum atomic E-state index is -0.626. The van der Waals surface area contributed by atoms with Crippen LogP contribution >= 0.6 is 0 Å². The Morgan fingerprint density at radius 3 is 2.63 bits per heavy atom. The van der Waals surface area contributed by atoms with E-state index in [0.29, 0.717) is 24.1 Å². The highest BCUT2D eigenvalue weighted by Gasteiger charge is 2.17. The summed E-state index contributed by atoms with van der Waals surface area (Å²) in [5.74, 6) is 0.560. The quantitative estimate of drug-likeness (QED) is 0.745. The van der Waals surface area contributed by atoms with E-state index in [9.17, 15) is 9.18 Å². The summed E-state index contributed by atoms with van der Waals surface area (Å²) < 4.78 is 31.5. The molecule has 0 unspecified atom stereocenters. The summed E-state index contributed by atoms with van der Waals surface area (Å²) in [7, 11) is 0. The van der Waals surface area contributed by atoms with E-state index in [4.69, 9.17) is 14.2 Å². The molecule has 2 N–H and O–H groups in total. The molecule has 7 nitrogen and oxygen atoms in total. The molecule has 166 valence electrons. The average Bonchev–Trinajstić information content (AvgIpc) is 2.78. The summed E-state index contributed by atoms with van der Waals surface area (Å²) in [5, 5.41) is 3.23. The van der Waals surface area contributed by atoms with Crippen LogP contribution in [0.2, 0.25) is 0 Å². The van der Waals surface area contributed by atoms with E-state index in [1.165, 1.54) is 6.07 Å². The van der Waals surface area contributed by atoms with Crippen LogP contribution in [0.25, 0.3) is 10.9 Å². The molecular weight excluding hydrogens is 389 g/mol. The fourth-order valence-electron chi connectivity index (χ4n) is 3.69. The van der Waals surface area contributed by atoms with E-state index >= 15 is 0 Å². The Balaban J connectivity index is 0.00000124. The number of fused-ring (bicyclic) bond motifs is 1. The molecule has 1 aromatic carbocycles. The minimum Gasteiger partial charge on any atom is -0.493 e. The van der Waals surface area contributed by atoms with Crippen molar-refractivity contribution in [2.75, 3.05) is 32.9 Å². The maximum Gasteiger partial charge on any atom is 0.261 e. The lowest BCUT2D eigenvalue weighted by molar-refractivity contribution is 0.0178. The highest BCUT2D eigenvalue weighted by molar-refractivity contribution is 5.79. The van der Waals surface area contributed by atoms with Crippen LogP contribution in [0.4, 0.5) is 4.39 Å². The largest absolute Gasteiger partial charge is 0.493 e. The van der Waals surface area contributed by atoms with E-state index in [1.807, 2.05) is 13.8 Å². The van der Waals surface area contributed by atoms with Gasteiger partial charge in [0.1, 0.15) is 29.4 Å². The number of benzene rings is 1. The Bertz CT molecular complexity index is 856. The van der Waals surface area contributed by atoms with Crippen molar-refractivity contribution in [3.8, 4) is 5.75 Å². The number of H-pyrrole nitrogens is 1. The van der Waals surface area contributed by atoms with E-state index in [0.717, 1.165) is 52.0 Å². The smallest absolute Gasteiger partial charge is 0.261 e. The number of aromatic amines is 1. The molecule has 0 atom stereocenters. The highest BCUT2D eigenvalue weighted by atomic mass is 19.1. The molecule has 0 saturated carbocycles. The number of nitrogens with zero attached hydrogens (tertiary/aromatic N) is 1. The number of piperidine rings is 1. The summed E-state index contributed by atoms with van der Waals surface area (Å²) in [4.78, 5) is 19.4. The second-order valence-electron chi connectivity index (χ2n) is 7.44. The Morgan fingerprint density at radius 2 is 1.90 bits per heavy atom. The molecule has 2 saturated heterocycles. The second-order valence-corrected chi connectivity index (χ2v) is 7.44. The van der Waals surface area contributed by atoms with Gasteiger partial charge >= 0.3 is 0 Å². The first-order chi connectivity index (χ1) is 14.7. The van der Waals surface area contributed by atoms with E-state index in [2.05, 4.69) is 15.3 Å². The molecule has 0 amide bonds. The first-order valence-electron chi connectivity index (χ1n) is 10.9. The lowest BCUT2D eigenvalue weighted by Gasteiger charge is -2.22. The maximum atomic E-state index is 14.5. The number of aromatic nitrogens is 2. The van der Waals surface area contributed by atoms with Gasteiger partial charge in [-0.3, -0.25) is 4.79 Å². The molecule has 3 heterocycles. The Morgan fingerprint density at radius 1 is 1.17 bits per heavy atom. The fourth-order valence-corrected chi connectivity index (χ4v) is 3.69. The van der Waals surface area contributed by atoms with Crippen molar-refractivity contribution < 1.29 is 18.6 Å². The molecule has 2 aliphatic rings. The number of hydrogen-bond donors (Lipinski definition) is 2. The topological polar surface area (TPSA) is 85.5 Å². The van der Waals surface area contributed by atoms with Crippen LogP contribution in [0.3, 0.4) is 0 Å². The molecule has 2 aromatic rings. The summed E-state index contributed by atoms with van der Waals surface area (Å²) in [6.07, 6.45) is 3.87. The van der Waals surface area contributed by atoms with Crippen molar-refractivity contribution >= 4 is 10.9 Å². The van der Waals surface area contributed by atoms with Crippen molar-refractivity contribution in [1.29, 1.82) is 0 Å². The number of ether oxygens (including phenoxy) is 3. The summed E-state index contributed by atoms with van der Waals surface area (Å²) in [6, 6.07) is 2.88. The zero-order chi connectivity index (χ0) is 21.3. The Labute approximate surface area is 176 Å². The molecule has 2 aliphatic heterocycles. The zero-order valence-corrected chi connectivity index (χ0v) is 17.8. The van der Waals surface area contributed by atoms with Crippen LogP contribution < -0.4 is 15.6 Å². The number of rotatable bonds is 6. The molecule has 4 rings (SSSR count). The van der Waals surface area contributed by atoms with Crippen LogP contribution in [0, 0.1) is 11.7 Å². The Kier molecular flexibility index (Phi) is 8.60. The van der Waals surface area contributed by atoms with Crippen molar-refractivity contribution in [2.45, 2.75) is 52.2 Å². The lowest BCUT2D eigenvalue weighted by Crippen LogP contribution is -2.32. The Hall–Kier alpha value is -2.03. The van der Waals surface area contributed by atoms with Crippen LogP contribution in [0.1, 0.15) is 45.4 Å². The minimum absolute atomic E-state index is 0.0518. The third-order valence-corrected chi connectivity index (χ3v) is 5.35. The molecule has 30 heavy (non-hydrogen) atoms. The lowest BCUT2D eigenvalue weighted by atomic mass is 10.0. The van der Waals surface area contributed by atoms with E-state index in [1.54, 1.807) is 6.07 Å². The van der Waals surface area contributed by atoms with Crippen LogP contribution in [0.5, 0.6) is 5.75 Å². The van der Waals surface area contributed by atoms with Gasteiger partial charge in [0, 0.05) is 25.3 Å². The van der Waals surface area contributed by atoms with Gasteiger partial charge in [-0.05, 0) is 44.7 Å². The second kappa shape index (κ2) is 11.4. The van der Waals surface area contributed by atoms with Crippen LogP contribution in [-0.4, -0.2) is 49.0 Å². The highest BCUT2D eigenvalue weighted by Crippen LogP contribution is 2.23. The van der Waals surface area contributed by atoms with Crippen molar-refractivity contribution in [3.63, 3.8) is 0 Å². The number of nitrogens with one attached hydrogen (secondary N) is 2. The third-order valence-electron chi connectivity index (χ3n) is 5.35. The predicted molar refractivity (Wildman–Crippen MR) is 113 cm³/mol. The molecule has 2 fully saturated rings.